The lowest BCUT2D eigenvalue weighted by atomic mass is 10.1. The highest BCUT2D eigenvalue weighted by Gasteiger charge is 2.24. The third-order valence-corrected chi connectivity index (χ3v) is 6.56. The number of rotatable bonds is 9. The summed E-state index contributed by atoms with van der Waals surface area (Å²) in [4.78, 5) is 27.5. The standard InChI is InChI=1S/C30H33N3O5/c1-21-8-7-9-26(32-18-5-4-6-19-32)29(21)33(31-23-12-14-24(37-2)15-13-23)28(34)17-11-22-10-16-25(30(35)36)27(20-22)38-3/h7-17,20,31H,4-6,18-19H2,1-3H3,(H,35,36). The van der Waals surface area contributed by atoms with E-state index in [0.717, 1.165) is 54.3 Å². The molecule has 3 aromatic carbocycles. The molecule has 0 unspecified atom stereocenters. The van der Waals surface area contributed by atoms with E-state index in [1.807, 2.05) is 43.3 Å². The smallest absolute Gasteiger partial charge is 0.339 e. The van der Waals surface area contributed by atoms with E-state index in [-0.39, 0.29) is 17.2 Å². The van der Waals surface area contributed by atoms with Crippen molar-refractivity contribution in [3.05, 3.63) is 83.4 Å². The van der Waals surface area contributed by atoms with Crippen LogP contribution < -0.4 is 24.8 Å². The van der Waals surface area contributed by atoms with Crippen molar-refractivity contribution in [3.8, 4) is 11.5 Å². The number of benzene rings is 3. The number of hydrogen-bond acceptors (Lipinski definition) is 6. The highest BCUT2D eigenvalue weighted by molar-refractivity contribution is 6.07. The number of carbonyl (C=O) groups excluding carboxylic acids is 1. The number of aryl methyl sites for hydroxylation is 1. The van der Waals surface area contributed by atoms with Gasteiger partial charge >= 0.3 is 5.97 Å². The van der Waals surface area contributed by atoms with Crippen LogP contribution in [-0.2, 0) is 4.79 Å². The number of piperidine rings is 1. The number of methoxy groups -OCH3 is 2. The third kappa shape index (κ3) is 6.08. The van der Waals surface area contributed by atoms with Gasteiger partial charge < -0.3 is 19.5 Å². The molecule has 1 aliphatic heterocycles. The predicted octanol–water partition coefficient (Wildman–Crippen LogP) is 5.77. The minimum Gasteiger partial charge on any atom is -0.497 e. The molecule has 0 radical (unpaired) electrons. The monoisotopic (exact) mass is 515 g/mol. The second-order valence-electron chi connectivity index (χ2n) is 9.10. The Kier molecular flexibility index (Phi) is 8.53. The van der Waals surface area contributed by atoms with E-state index in [1.165, 1.54) is 25.7 Å². The minimum atomic E-state index is -1.08. The Labute approximate surface area is 223 Å². The molecule has 2 N–H and O–H groups in total. The van der Waals surface area contributed by atoms with Gasteiger partial charge in [-0.1, -0.05) is 18.2 Å². The number of nitrogens with one attached hydrogen (secondary N) is 1. The summed E-state index contributed by atoms with van der Waals surface area (Å²) in [5, 5.41) is 10.9. The maximum absolute atomic E-state index is 13.8. The van der Waals surface area contributed by atoms with E-state index >= 15 is 0 Å². The van der Waals surface area contributed by atoms with Gasteiger partial charge in [-0.3, -0.25) is 10.2 Å². The molecule has 8 nitrogen and oxygen atoms in total. The second kappa shape index (κ2) is 12.2. The average molecular weight is 516 g/mol. The van der Waals surface area contributed by atoms with Crippen LogP contribution in [0.1, 0.15) is 40.7 Å². The van der Waals surface area contributed by atoms with E-state index in [9.17, 15) is 14.7 Å². The van der Waals surface area contributed by atoms with Crippen molar-refractivity contribution in [2.45, 2.75) is 26.2 Å². The van der Waals surface area contributed by atoms with Crippen LogP contribution >= 0.6 is 0 Å². The Hall–Kier alpha value is -4.46. The number of anilines is 3. The number of carboxylic acid groups (broad SMARTS) is 1. The van der Waals surface area contributed by atoms with E-state index in [1.54, 1.807) is 30.3 Å². The topological polar surface area (TPSA) is 91.3 Å². The van der Waals surface area contributed by atoms with Gasteiger partial charge in [0.1, 0.15) is 17.1 Å². The van der Waals surface area contributed by atoms with Gasteiger partial charge in [0.2, 0.25) is 0 Å². The second-order valence-corrected chi connectivity index (χ2v) is 9.10. The molecule has 1 aliphatic rings. The fraction of sp³-hybridized carbons (Fsp3) is 0.267. The molecule has 1 fully saturated rings. The maximum atomic E-state index is 13.8. The van der Waals surface area contributed by atoms with Crippen LogP contribution in [0.25, 0.3) is 6.08 Å². The fourth-order valence-corrected chi connectivity index (χ4v) is 4.57. The van der Waals surface area contributed by atoms with Crippen LogP contribution in [0, 0.1) is 6.92 Å². The number of para-hydroxylation sites is 1. The molecule has 1 amide bonds. The summed E-state index contributed by atoms with van der Waals surface area (Å²) in [5.41, 5.74) is 7.48. The number of hydrogen-bond donors (Lipinski definition) is 2. The number of hydrazine groups is 1. The normalized spacial score (nSPS) is 13.3. The zero-order chi connectivity index (χ0) is 27.1. The summed E-state index contributed by atoms with van der Waals surface area (Å²) < 4.78 is 10.5. The molecule has 38 heavy (non-hydrogen) atoms. The van der Waals surface area contributed by atoms with Crippen molar-refractivity contribution >= 4 is 35.0 Å². The predicted molar refractivity (Wildman–Crippen MR) is 150 cm³/mol. The molecule has 0 spiro atoms. The maximum Gasteiger partial charge on any atom is 0.339 e. The molecule has 0 aromatic heterocycles. The van der Waals surface area contributed by atoms with Gasteiger partial charge in [0.05, 0.1) is 31.3 Å². The van der Waals surface area contributed by atoms with Crippen molar-refractivity contribution in [2.75, 3.05) is 42.6 Å². The molecule has 0 bridgehead atoms. The molecular formula is C30H33N3O5. The zero-order valence-electron chi connectivity index (χ0n) is 21.9. The van der Waals surface area contributed by atoms with Gasteiger partial charge in [-0.05, 0) is 85.9 Å². The molecule has 0 saturated carbocycles. The molecule has 8 heteroatoms. The van der Waals surface area contributed by atoms with Gasteiger partial charge in [0.15, 0.2) is 0 Å². The first-order chi connectivity index (χ1) is 18.4. The summed E-state index contributed by atoms with van der Waals surface area (Å²) >= 11 is 0. The highest BCUT2D eigenvalue weighted by Crippen LogP contribution is 2.35. The lowest BCUT2D eigenvalue weighted by Gasteiger charge is -2.34. The Balaban J connectivity index is 1.71. The van der Waals surface area contributed by atoms with Crippen LogP contribution in [0.5, 0.6) is 11.5 Å². The number of nitrogens with zero attached hydrogens (tertiary/aromatic N) is 2. The van der Waals surface area contributed by atoms with E-state index in [4.69, 9.17) is 9.47 Å². The van der Waals surface area contributed by atoms with Gasteiger partial charge in [-0.15, -0.1) is 0 Å². The van der Waals surface area contributed by atoms with Crippen molar-refractivity contribution in [2.24, 2.45) is 0 Å². The van der Waals surface area contributed by atoms with E-state index < -0.39 is 5.97 Å². The first kappa shape index (κ1) is 26.6. The molecule has 198 valence electrons. The van der Waals surface area contributed by atoms with Gasteiger partial charge in [-0.2, -0.15) is 0 Å². The van der Waals surface area contributed by atoms with Gasteiger partial charge in [0, 0.05) is 19.2 Å². The van der Waals surface area contributed by atoms with Crippen LogP contribution in [0.3, 0.4) is 0 Å². The Morgan fingerprint density at radius 3 is 2.37 bits per heavy atom. The molecule has 4 rings (SSSR count). The molecule has 0 aliphatic carbocycles. The van der Waals surface area contributed by atoms with Crippen molar-refractivity contribution in [1.82, 2.24) is 0 Å². The van der Waals surface area contributed by atoms with Crippen LogP contribution in [0.15, 0.2) is 66.7 Å². The van der Waals surface area contributed by atoms with Crippen molar-refractivity contribution in [1.29, 1.82) is 0 Å². The quantitative estimate of drug-likeness (QED) is 0.276. The van der Waals surface area contributed by atoms with Crippen molar-refractivity contribution < 1.29 is 24.2 Å². The summed E-state index contributed by atoms with van der Waals surface area (Å²) in [6, 6.07) is 18.2. The first-order valence-electron chi connectivity index (χ1n) is 12.6. The Morgan fingerprint density at radius 2 is 1.71 bits per heavy atom. The molecule has 3 aromatic rings. The first-order valence-corrected chi connectivity index (χ1v) is 12.6. The lowest BCUT2D eigenvalue weighted by molar-refractivity contribution is -0.113. The van der Waals surface area contributed by atoms with Gasteiger partial charge in [0.25, 0.3) is 5.91 Å². The largest absolute Gasteiger partial charge is 0.497 e. The number of ether oxygens (including phenoxy) is 2. The summed E-state index contributed by atoms with van der Waals surface area (Å²) in [7, 11) is 3.03. The summed E-state index contributed by atoms with van der Waals surface area (Å²) in [6.07, 6.45) is 6.55. The van der Waals surface area contributed by atoms with E-state index in [2.05, 4.69) is 16.4 Å². The number of carbonyl (C=O) groups is 2. The fourth-order valence-electron chi connectivity index (χ4n) is 4.57. The molecule has 1 heterocycles. The van der Waals surface area contributed by atoms with Gasteiger partial charge in [-0.25, -0.2) is 9.80 Å². The van der Waals surface area contributed by atoms with Crippen LogP contribution in [0.4, 0.5) is 17.1 Å². The van der Waals surface area contributed by atoms with Crippen molar-refractivity contribution in [3.63, 3.8) is 0 Å². The number of amides is 1. The SMILES string of the molecule is COc1ccc(NN(C(=O)C=Cc2ccc(C(=O)O)c(OC)c2)c2c(C)cccc2N2CCCCC2)cc1. The molecule has 1 saturated heterocycles. The lowest BCUT2D eigenvalue weighted by Crippen LogP contribution is -2.38. The summed E-state index contributed by atoms with van der Waals surface area (Å²) in [5.74, 6) is -0.411. The minimum absolute atomic E-state index is 0.0601. The number of aromatic carboxylic acids is 1. The molecular weight excluding hydrogens is 482 g/mol. The molecule has 0 atom stereocenters. The Bertz CT molecular complexity index is 1310. The van der Waals surface area contributed by atoms with Crippen LogP contribution in [-0.4, -0.2) is 44.3 Å². The highest BCUT2D eigenvalue weighted by atomic mass is 16.5. The zero-order valence-corrected chi connectivity index (χ0v) is 21.9. The summed E-state index contributed by atoms with van der Waals surface area (Å²) in [6.45, 7) is 3.87. The van der Waals surface area contributed by atoms with E-state index in [0.29, 0.717) is 5.56 Å². The third-order valence-electron chi connectivity index (χ3n) is 6.56. The average Bonchev–Trinajstić information content (AvgIpc) is 2.95. The van der Waals surface area contributed by atoms with Crippen LogP contribution in [0.2, 0.25) is 0 Å². The Morgan fingerprint density at radius 1 is 0.974 bits per heavy atom. The number of carboxylic acids is 1.